The van der Waals surface area contributed by atoms with Crippen LogP contribution < -0.4 is 5.32 Å². The maximum atomic E-state index is 3.50. The summed E-state index contributed by atoms with van der Waals surface area (Å²) in [6.45, 7) is 7.78. The van der Waals surface area contributed by atoms with Gasteiger partial charge >= 0.3 is 0 Å². The van der Waals surface area contributed by atoms with Gasteiger partial charge in [-0.05, 0) is 42.5 Å². The molecule has 0 aliphatic heterocycles. The summed E-state index contributed by atoms with van der Waals surface area (Å²) >= 11 is 2.06. The van der Waals surface area contributed by atoms with E-state index in [0.29, 0.717) is 5.41 Å². The van der Waals surface area contributed by atoms with Crippen LogP contribution in [-0.2, 0) is 0 Å². The minimum absolute atomic E-state index is 0.331. The Hall–Kier alpha value is -0.630. The molecule has 1 N–H and O–H groups in total. The fraction of sp³-hybridized carbons (Fsp3) is 0.625. The van der Waals surface area contributed by atoms with E-state index < -0.39 is 0 Å². The van der Waals surface area contributed by atoms with Gasteiger partial charge in [0.1, 0.15) is 0 Å². The summed E-state index contributed by atoms with van der Waals surface area (Å²) in [6.07, 6.45) is 5.63. The van der Waals surface area contributed by atoms with Crippen LogP contribution >= 0.6 is 11.8 Å². The van der Waals surface area contributed by atoms with E-state index in [9.17, 15) is 0 Å². The molecule has 0 unspecified atom stereocenters. The maximum Gasteiger partial charge on any atom is 0.0341 e. The van der Waals surface area contributed by atoms with Gasteiger partial charge in [-0.2, -0.15) is 0 Å². The van der Waals surface area contributed by atoms with Crippen molar-refractivity contribution in [2.45, 2.75) is 56.6 Å². The van der Waals surface area contributed by atoms with Crippen molar-refractivity contribution in [3.63, 3.8) is 0 Å². The maximum absolute atomic E-state index is 3.50. The van der Waals surface area contributed by atoms with Gasteiger partial charge in [0, 0.05) is 22.4 Å². The third-order valence-electron chi connectivity index (χ3n) is 3.28. The molecule has 1 fully saturated rings. The van der Waals surface area contributed by atoms with E-state index in [4.69, 9.17) is 0 Å². The Morgan fingerprint density at radius 1 is 1.11 bits per heavy atom. The third-order valence-corrected chi connectivity index (χ3v) is 4.63. The molecule has 1 nitrogen and oxygen atoms in total. The third kappa shape index (κ3) is 4.56. The largest absolute Gasteiger partial charge is 0.385 e. The van der Waals surface area contributed by atoms with Crippen LogP contribution in [0.2, 0.25) is 0 Å². The highest BCUT2D eigenvalue weighted by molar-refractivity contribution is 8.00. The second-order valence-corrected chi connectivity index (χ2v) is 7.84. The van der Waals surface area contributed by atoms with Crippen LogP contribution in [0.15, 0.2) is 29.2 Å². The van der Waals surface area contributed by atoms with E-state index >= 15 is 0 Å². The van der Waals surface area contributed by atoms with Crippen molar-refractivity contribution in [3.05, 3.63) is 24.3 Å². The van der Waals surface area contributed by atoms with Crippen molar-refractivity contribution in [2.75, 3.05) is 11.9 Å². The lowest BCUT2D eigenvalue weighted by molar-refractivity contribution is 0.443. The molecule has 1 aromatic rings. The standard InChI is InChI=1S/C16H25NS/c1-16(2,3)12-17-13-8-10-15(11-9-13)18-14-6-4-5-7-14/h8-11,14,17H,4-7,12H2,1-3H3. The van der Waals surface area contributed by atoms with Gasteiger partial charge in [0.2, 0.25) is 0 Å². The summed E-state index contributed by atoms with van der Waals surface area (Å²) in [5, 5.41) is 4.36. The molecule has 0 saturated heterocycles. The summed E-state index contributed by atoms with van der Waals surface area (Å²) in [7, 11) is 0. The van der Waals surface area contributed by atoms with Crippen molar-refractivity contribution >= 4 is 17.4 Å². The van der Waals surface area contributed by atoms with Crippen molar-refractivity contribution in [2.24, 2.45) is 5.41 Å². The zero-order valence-corrected chi connectivity index (χ0v) is 12.6. The molecule has 0 aromatic heterocycles. The molecule has 1 aliphatic rings. The summed E-state index contributed by atoms with van der Waals surface area (Å²) in [5.41, 5.74) is 1.57. The van der Waals surface area contributed by atoms with Gasteiger partial charge in [-0.3, -0.25) is 0 Å². The molecule has 0 amide bonds. The minimum atomic E-state index is 0.331. The molecule has 0 spiro atoms. The average molecular weight is 263 g/mol. The molecule has 18 heavy (non-hydrogen) atoms. The van der Waals surface area contributed by atoms with E-state index in [1.54, 1.807) is 0 Å². The number of nitrogens with one attached hydrogen (secondary N) is 1. The fourth-order valence-electron chi connectivity index (χ4n) is 2.22. The van der Waals surface area contributed by atoms with Crippen molar-refractivity contribution < 1.29 is 0 Å². The van der Waals surface area contributed by atoms with Gasteiger partial charge in [0.05, 0.1) is 0 Å². The van der Waals surface area contributed by atoms with Crippen LogP contribution in [-0.4, -0.2) is 11.8 Å². The first-order chi connectivity index (χ1) is 8.53. The van der Waals surface area contributed by atoms with E-state index in [2.05, 4.69) is 62.1 Å². The van der Waals surface area contributed by atoms with Gasteiger partial charge in [0.25, 0.3) is 0 Å². The molecular formula is C16H25NS. The van der Waals surface area contributed by atoms with Gasteiger partial charge in [-0.15, -0.1) is 11.8 Å². The van der Waals surface area contributed by atoms with Gasteiger partial charge < -0.3 is 5.32 Å². The normalized spacial score (nSPS) is 17.1. The van der Waals surface area contributed by atoms with Crippen LogP contribution in [0.3, 0.4) is 0 Å². The number of benzene rings is 1. The SMILES string of the molecule is CC(C)(C)CNc1ccc(SC2CCCC2)cc1. The summed E-state index contributed by atoms with van der Waals surface area (Å²) in [4.78, 5) is 1.42. The van der Waals surface area contributed by atoms with E-state index in [1.165, 1.54) is 36.3 Å². The molecule has 0 atom stereocenters. The van der Waals surface area contributed by atoms with Crippen LogP contribution in [0.25, 0.3) is 0 Å². The number of hydrogen-bond acceptors (Lipinski definition) is 2. The summed E-state index contributed by atoms with van der Waals surface area (Å²) in [5.74, 6) is 0. The molecule has 1 aromatic carbocycles. The zero-order valence-electron chi connectivity index (χ0n) is 11.8. The Labute approximate surface area is 116 Å². The molecule has 1 saturated carbocycles. The molecule has 0 radical (unpaired) electrons. The Morgan fingerprint density at radius 3 is 2.28 bits per heavy atom. The smallest absolute Gasteiger partial charge is 0.0341 e. The highest BCUT2D eigenvalue weighted by atomic mass is 32.2. The van der Waals surface area contributed by atoms with Gasteiger partial charge in [-0.25, -0.2) is 0 Å². The van der Waals surface area contributed by atoms with E-state index in [1.807, 2.05) is 0 Å². The van der Waals surface area contributed by atoms with Crippen molar-refractivity contribution in [1.82, 2.24) is 0 Å². The zero-order chi connectivity index (χ0) is 13.0. The molecule has 100 valence electrons. The Morgan fingerprint density at radius 2 is 1.72 bits per heavy atom. The highest BCUT2D eigenvalue weighted by Gasteiger charge is 2.16. The first-order valence-electron chi connectivity index (χ1n) is 7.03. The van der Waals surface area contributed by atoms with Crippen molar-refractivity contribution in [1.29, 1.82) is 0 Å². The molecule has 2 rings (SSSR count). The Bertz CT molecular complexity index is 358. The number of thioether (sulfide) groups is 1. The highest BCUT2D eigenvalue weighted by Crippen LogP contribution is 2.34. The predicted molar refractivity (Wildman–Crippen MR) is 82.5 cm³/mol. The van der Waals surface area contributed by atoms with E-state index in [0.717, 1.165) is 11.8 Å². The topological polar surface area (TPSA) is 12.0 Å². The molecule has 0 heterocycles. The first kappa shape index (κ1) is 13.8. The van der Waals surface area contributed by atoms with Gasteiger partial charge in [-0.1, -0.05) is 33.6 Å². The van der Waals surface area contributed by atoms with Crippen LogP contribution in [0.1, 0.15) is 46.5 Å². The van der Waals surface area contributed by atoms with Crippen molar-refractivity contribution in [3.8, 4) is 0 Å². The number of rotatable bonds is 4. The van der Waals surface area contributed by atoms with Crippen LogP contribution in [0, 0.1) is 5.41 Å². The molecule has 1 aliphatic carbocycles. The second kappa shape index (κ2) is 6.01. The Kier molecular flexibility index (Phi) is 4.60. The lowest BCUT2D eigenvalue weighted by Gasteiger charge is -2.19. The monoisotopic (exact) mass is 263 g/mol. The number of anilines is 1. The van der Waals surface area contributed by atoms with Crippen LogP contribution in [0.4, 0.5) is 5.69 Å². The van der Waals surface area contributed by atoms with Crippen LogP contribution in [0.5, 0.6) is 0 Å². The number of hydrogen-bond donors (Lipinski definition) is 1. The quantitative estimate of drug-likeness (QED) is 0.803. The Balaban J connectivity index is 1.85. The minimum Gasteiger partial charge on any atom is -0.385 e. The second-order valence-electron chi connectivity index (χ2n) is 6.46. The molecule has 2 heteroatoms. The summed E-state index contributed by atoms with van der Waals surface area (Å²) in [6, 6.07) is 8.94. The predicted octanol–water partition coefficient (Wildman–Crippen LogP) is 5.18. The lowest BCUT2D eigenvalue weighted by atomic mass is 9.97. The lowest BCUT2D eigenvalue weighted by Crippen LogP contribution is -2.18. The molecule has 0 bridgehead atoms. The first-order valence-corrected chi connectivity index (χ1v) is 7.91. The average Bonchev–Trinajstić information content (AvgIpc) is 2.80. The van der Waals surface area contributed by atoms with Gasteiger partial charge in [0.15, 0.2) is 0 Å². The molecular weight excluding hydrogens is 238 g/mol. The van der Waals surface area contributed by atoms with E-state index in [-0.39, 0.29) is 0 Å². The fourth-order valence-corrected chi connectivity index (χ4v) is 3.46. The summed E-state index contributed by atoms with van der Waals surface area (Å²) < 4.78 is 0.